The Kier molecular flexibility index (Phi) is 24.6. The molecule has 19 nitrogen and oxygen atoms in total. The maximum Gasteiger partial charge on any atom is 0.245 e. The molecule has 0 aromatic heterocycles. The third kappa shape index (κ3) is 20.2. The van der Waals surface area contributed by atoms with Crippen LogP contribution in [0.5, 0.6) is 0 Å². The lowest BCUT2D eigenvalue weighted by Gasteiger charge is -2.29. The second-order valence-corrected chi connectivity index (χ2v) is 16.0. The van der Waals surface area contributed by atoms with Crippen molar-refractivity contribution in [3.63, 3.8) is 0 Å². The summed E-state index contributed by atoms with van der Waals surface area (Å²) >= 11 is 1.54. The summed E-state index contributed by atoms with van der Waals surface area (Å²) in [5.41, 5.74) is 17.5. The zero-order valence-electron chi connectivity index (χ0n) is 35.0. The number of aliphatic hydroxyl groups excluding tert-OH is 1. The summed E-state index contributed by atoms with van der Waals surface area (Å²) in [6, 6.07) is 0.886. The largest absolute Gasteiger partial charge is 0.394 e. The maximum atomic E-state index is 13.9. The number of rotatable bonds is 28. The van der Waals surface area contributed by atoms with Crippen molar-refractivity contribution in [1.82, 2.24) is 37.2 Å². The highest BCUT2D eigenvalue weighted by atomic mass is 32.2. The number of hydrogen-bond acceptors (Lipinski definition) is 12. The smallest absolute Gasteiger partial charge is 0.245 e. The summed E-state index contributed by atoms with van der Waals surface area (Å²) in [4.78, 5) is 104. The summed E-state index contributed by atoms with van der Waals surface area (Å²) in [5, 5.41) is 27.5. The van der Waals surface area contributed by atoms with E-state index < -0.39 is 109 Å². The first-order chi connectivity index (χ1) is 27.8. The van der Waals surface area contributed by atoms with Crippen molar-refractivity contribution in [3.8, 4) is 0 Å². The molecule has 332 valence electrons. The van der Waals surface area contributed by atoms with E-state index in [4.69, 9.17) is 17.2 Å². The Bertz CT molecular complexity index is 1540. The van der Waals surface area contributed by atoms with Crippen LogP contribution in [-0.4, -0.2) is 126 Å². The monoisotopic (exact) mass is 850 g/mol. The van der Waals surface area contributed by atoms with Crippen molar-refractivity contribution < 1.29 is 43.5 Å². The summed E-state index contributed by atoms with van der Waals surface area (Å²) in [7, 11) is 0. The Morgan fingerprint density at radius 1 is 0.695 bits per heavy atom. The topological polar surface area (TPSA) is 319 Å². The molecule has 0 saturated carbocycles. The second-order valence-electron chi connectivity index (χ2n) is 15.1. The van der Waals surface area contributed by atoms with Crippen LogP contribution in [0.1, 0.15) is 72.3 Å². The summed E-state index contributed by atoms with van der Waals surface area (Å²) < 4.78 is 0. The lowest BCUT2D eigenvalue weighted by molar-refractivity contribution is -0.136. The molecule has 0 aliphatic heterocycles. The predicted octanol–water partition coefficient (Wildman–Crippen LogP) is -2.34. The van der Waals surface area contributed by atoms with E-state index in [1.807, 2.05) is 20.1 Å². The number of carbonyl (C=O) groups excluding carboxylic acids is 8. The number of thioether (sulfide) groups is 1. The lowest BCUT2D eigenvalue weighted by atomic mass is 9.98. The van der Waals surface area contributed by atoms with Crippen LogP contribution in [0.3, 0.4) is 0 Å². The number of unbranched alkanes of at least 4 members (excludes halogenated alkanes) is 1. The van der Waals surface area contributed by atoms with Gasteiger partial charge >= 0.3 is 0 Å². The van der Waals surface area contributed by atoms with Gasteiger partial charge in [-0.25, -0.2) is 0 Å². The van der Waals surface area contributed by atoms with Crippen molar-refractivity contribution in [2.45, 2.75) is 115 Å². The fraction of sp³-hybridized carbons (Fsp3) is 0.641. The van der Waals surface area contributed by atoms with Gasteiger partial charge in [-0.05, 0) is 75.0 Å². The van der Waals surface area contributed by atoms with E-state index in [2.05, 4.69) is 37.2 Å². The summed E-state index contributed by atoms with van der Waals surface area (Å²) in [6.07, 6.45) is 3.90. The van der Waals surface area contributed by atoms with Gasteiger partial charge in [0.05, 0.1) is 19.2 Å². The minimum absolute atomic E-state index is 0.00426. The molecule has 0 fully saturated rings. The molecule has 14 N–H and O–H groups in total. The molecule has 0 bridgehead atoms. The van der Waals surface area contributed by atoms with Crippen LogP contribution >= 0.6 is 11.8 Å². The van der Waals surface area contributed by atoms with E-state index >= 15 is 0 Å². The van der Waals surface area contributed by atoms with Crippen LogP contribution in [0.2, 0.25) is 0 Å². The average molecular weight is 851 g/mol. The first-order valence-electron chi connectivity index (χ1n) is 19.8. The predicted molar refractivity (Wildman–Crippen MR) is 225 cm³/mol. The molecule has 0 aliphatic rings. The van der Waals surface area contributed by atoms with Gasteiger partial charge in [0.2, 0.25) is 47.3 Å². The van der Waals surface area contributed by atoms with Crippen molar-refractivity contribution in [2.24, 2.45) is 29.0 Å². The fourth-order valence-electron chi connectivity index (χ4n) is 5.62. The zero-order valence-corrected chi connectivity index (χ0v) is 35.8. The van der Waals surface area contributed by atoms with Crippen LogP contribution in [0.15, 0.2) is 30.3 Å². The highest BCUT2D eigenvalue weighted by Crippen LogP contribution is 2.12. The zero-order chi connectivity index (χ0) is 44.7. The molecule has 0 radical (unpaired) electrons. The minimum atomic E-state index is -1.45. The number of aliphatic hydroxyl groups is 1. The number of primary amides is 1. The molecule has 0 spiro atoms. The minimum Gasteiger partial charge on any atom is -0.394 e. The van der Waals surface area contributed by atoms with E-state index in [1.54, 1.807) is 44.2 Å². The Morgan fingerprint density at radius 2 is 1.29 bits per heavy atom. The first kappa shape index (κ1) is 52.2. The van der Waals surface area contributed by atoms with Crippen LogP contribution in [0.25, 0.3) is 0 Å². The molecule has 20 heteroatoms. The number of hydrogen-bond donors (Lipinski definition) is 11. The quantitative estimate of drug-likeness (QED) is 0.0396. The molecular weight excluding hydrogens is 785 g/mol. The average Bonchev–Trinajstić information content (AvgIpc) is 3.18. The number of benzene rings is 1. The Hall–Kier alpha value is -4.79. The van der Waals surface area contributed by atoms with E-state index in [0.29, 0.717) is 37.1 Å². The normalized spacial score (nSPS) is 14.7. The second kappa shape index (κ2) is 27.8. The van der Waals surface area contributed by atoms with Crippen molar-refractivity contribution in [1.29, 1.82) is 0 Å². The van der Waals surface area contributed by atoms with Gasteiger partial charge in [0.25, 0.3) is 0 Å². The fourth-order valence-corrected chi connectivity index (χ4v) is 6.11. The SMILES string of the molecule is CSCC[C@H](N)C(=O)N[C@@H](CCCCN)C(=O)N[C@@H](CC(C)C)C(=O)N[C@H](C(=O)N[C@@H](Cc1ccccc1)C(=O)NCC(=O)N[C@@H](CO)C(=O)N[C@@H](C)C(N)=O)C(C)C. The van der Waals surface area contributed by atoms with Crippen molar-refractivity contribution in [3.05, 3.63) is 35.9 Å². The highest BCUT2D eigenvalue weighted by molar-refractivity contribution is 7.98. The van der Waals surface area contributed by atoms with E-state index in [0.717, 1.165) is 0 Å². The van der Waals surface area contributed by atoms with Crippen molar-refractivity contribution >= 4 is 59.0 Å². The van der Waals surface area contributed by atoms with Gasteiger partial charge < -0.3 is 59.5 Å². The molecule has 59 heavy (non-hydrogen) atoms. The standard InChI is InChI=1S/C39H66N10O9S/c1-22(2)18-28(47-36(55)27(14-10-11-16-40)46-34(53)26(41)15-17-59-6)37(56)49-32(23(3)4)39(58)48-29(19-25-12-8-7-9-13-25)35(54)43-20-31(51)45-30(21-50)38(57)44-24(5)33(42)52/h7-9,12-13,22-24,26-30,32,50H,10-11,14-21,40-41H2,1-6H3,(H2,42,52)(H,43,54)(H,44,57)(H,45,51)(H,46,53)(H,47,55)(H,48,58)(H,49,56)/t24-,26-,27-,28-,29-,30-,32-/m0/s1. The van der Waals surface area contributed by atoms with Crippen LogP contribution in [-0.2, 0) is 44.8 Å². The van der Waals surface area contributed by atoms with Gasteiger partial charge in [0, 0.05) is 6.42 Å². The van der Waals surface area contributed by atoms with Gasteiger partial charge in [-0.1, -0.05) is 58.0 Å². The van der Waals surface area contributed by atoms with E-state index in [-0.39, 0.29) is 25.2 Å². The van der Waals surface area contributed by atoms with Gasteiger partial charge in [0.15, 0.2) is 0 Å². The highest BCUT2D eigenvalue weighted by Gasteiger charge is 2.34. The molecule has 0 heterocycles. The third-order valence-corrected chi connectivity index (χ3v) is 9.74. The van der Waals surface area contributed by atoms with Crippen LogP contribution in [0.4, 0.5) is 0 Å². The lowest BCUT2D eigenvalue weighted by Crippen LogP contribution is -2.60. The summed E-state index contributed by atoms with van der Waals surface area (Å²) in [6.45, 7) is 7.37. The summed E-state index contributed by atoms with van der Waals surface area (Å²) in [5.74, 6) is -5.68. The van der Waals surface area contributed by atoms with Gasteiger partial charge in [-0.2, -0.15) is 11.8 Å². The molecule has 1 aromatic carbocycles. The number of nitrogens with two attached hydrogens (primary N) is 3. The number of carbonyl (C=O) groups is 8. The maximum absolute atomic E-state index is 13.9. The number of nitrogens with one attached hydrogen (secondary N) is 7. The van der Waals surface area contributed by atoms with E-state index in [1.165, 1.54) is 18.7 Å². The van der Waals surface area contributed by atoms with Crippen molar-refractivity contribution in [2.75, 3.05) is 31.7 Å². The Labute approximate surface area is 351 Å². The van der Waals surface area contributed by atoms with Crippen LogP contribution < -0.4 is 54.4 Å². The molecule has 0 aliphatic carbocycles. The van der Waals surface area contributed by atoms with Gasteiger partial charge in [0.1, 0.15) is 36.3 Å². The molecule has 0 saturated heterocycles. The Morgan fingerprint density at radius 3 is 1.85 bits per heavy atom. The molecule has 7 atom stereocenters. The first-order valence-corrected chi connectivity index (χ1v) is 21.2. The molecule has 8 amide bonds. The third-order valence-electron chi connectivity index (χ3n) is 9.10. The molecule has 1 aromatic rings. The number of amides is 8. The molecule has 1 rings (SSSR count). The Balaban J connectivity index is 3.21. The molecular formula is C39H66N10O9S. The van der Waals surface area contributed by atoms with Gasteiger partial charge in [-0.3, -0.25) is 38.4 Å². The van der Waals surface area contributed by atoms with Crippen LogP contribution in [0, 0.1) is 11.8 Å². The van der Waals surface area contributed by atoms with Gasteiger partial charge in [-0.15, -0.1) is 0 Å². The van der Waals surface area contributed by atoms with E-state index in [9.17, 15) is 43.5 Å². The molecule has 0 unspecified atom stereocenters.